The predicted octanol–water partition coefficient (Wildman–Crippen LogP) is 9.88. The highest BCUT2D eigenvalue weighted by molar-refractivity contribution is 6.26. The van der Waals surface area contributed by atoms with Crippen molar-refractivity contribution in [3.8, 4) is 22.9 Å². The van der Waals surface area contributed by atoms with Crippen molar-refractivity contribution >= 4 is 54.6 Å². The molecule has 1 aliphatic carbocycles. The van der Waals surface area contributed by atoms with Crippen LogP contribution >= 0.6 is 0 Å². The van der Waals surface area contributed by atoms with Crippen LogP contribution in [0, 0.1) is 0 Å². The lowest BCUT2D eigenvalue weighted by Crippen LogP contribution is -2.08. The standard InChI is InChI=1S/C42H28N6/c1-4-14-27(15-5-1)38-33-26-43-40(28-16-6-2-7-17-28)45-41(33)46-42(44-38)48-35-23-13-11-21-32(35)37-36(48)25-24-31-30-20-10-12-22-34(30)47(39(31)37)29-18-8-3-9-19-29/h1-16,18-26,28H,17H2. The van der Waals surface area contributed by atoms with Crippen molar-refractivity contribution in [1.82, 2.24) is 29.1 Å². The van der Waals surface area contributed by atoms with Crippen molar-refractivity contribution in [2.45, 2.75) is 12.3 Å². The summed E-state index contributed by atoms with van der Waals surface area (Å²) in [6.07, 6.45) is 11.2. The zero-order valence-corrected chi connectivity index (χ0v) is 25.9. The lowest BCUT2D eigenvalue weighted by atomic mass is 10.00. The van der Waals surface area contributed by atoms with E-state index in [4.69, 9.17) is 19.9 Å². The van der Waals surface area contributed by atoms with Gasteiger partial charge >= 0.3 is 0 Å². The van der Waals surface area contributed by atoms with E-state index in [2.05, 4.69) is 137 Å². The van der Waals surface area contributed by atoms with Gasteiger partial charge in [-0.25, -0.2) is 15.0 Å². The van der Waals surface area contributed by atoms with E-state index in [0.717, 1.165) is 56.4 Å². The summed E-state index contributed by atoms with van der Waals surface area (Å²) < 4.78 is 4.60. The summed E-state index contributed by atoms with van der Waals surface area (Å²) in [6, 6.07) is 42.6. The third-order valence-corrected chi connectivity index (χ3v) is 9.50. The fourth-order valence-corrected chi connectivity index (χ4v) is 7.35. The fourth-order valence-electron chi connectivity index (χ4n) is 7.35. The lowest BCUT2D eigenvalue weighted by molar-refractivity contribution is 0.776. The molecule has 4 aromatic heterocycles. The van der Waals surface area contributed by atoms with Crippen LogP contribution in [0.15, 0.2) is 152 Å². The molecular formula is C42H28N6. The molecule has 5 aromatic carbocycles. The minimum absolute atomic E-state index is 0.111. The van der Waals surface area contributed by atoms with E-state index in [1.165, 1.54) is 21.8 Å². The topological polar surface area (TPSA) is 61.4 Å². The third-order valence-electron chi connectivity index (χ3n) is 9.50. The summed E-state index contributed by atoms with van der Waals surface area (Å²) in [6.45, 7) is 0. The van der Waals surface area contributed by atoms with Gasteiger partial charge in [0.25, 0.3) is 0 Å². The van der Waals surface area contributed by atoms with Gasteiger partial charge in [0.15, 0.2) is 5.65 Å². The first-order chi connectivity index (χ1) is 23.8. The van der Waals surface area contributed by atoms with E-state index in [1.54, 1.807) is 0 Å². The molecule has 6 heteroatoms. The quantitative estimate of drug-likeness (QED) is 0.197. The van der Waals surface area contributed by atoms with Crippen LogP contribution in [0.4, 0.5) is 0 Å². The van der Waals surface area contributed by atoms with Crippen LogP contribution in [0.1, 0.15) is 18.2 Å². The molecule has 1 aliphatic rings. The second-order valence-electron chi connectivity index (χ2n) is 12.3. The zero-order valence-electron chi connectivity index (χ0n) is 25.9. The van der Waals surface area contributed by atoms with Crippen molar-refractivity contribution in [3.05, 3.63) is 158 Å². The third kappa shape index (κ3) is 3.99. The highest BCUT2D eigenvalue weighted by Gasteiger charge is 2.23. The Morgan fingerprint density at radius 3 is 2.08 bits per heavy atom. The normalized spacial score (nSPS) is 14.6. The average Bonchev–Trinajstić information content (AvgIpc) is 3.68. The van der Waals surface area contributed by atoms with Crippen molar-refractivity contribution in [2.75, 3.05) is 0 Å². The van der Waals surface area contributed by atoms with Crippen LogP contribution in [0.3, 0.4) is 0 Å². The predicted molar refractivity (Wildman–Crippen MR) is 195 cm³/mol. The van der Waals surface area contributed by atoms with E-state index < -0.39 is 0 Å². The molecule has 226 valence electrons. The summed E-state index contributed by atoms with van der Waals surface area (Å²) >= 11 is 0. The van der Waals surface area contributed by atoms with Crippen LogP contribution < -0.4 is 0 Å². The van der Waals surface area contributed by atoms with Gasteiger partial charge in [-0.05, 0) is 36.8 Å². The van der Waals surface area contributed by atoms with Crippen LogP contribution in [0.2, 0.25) is 0 Å². The summed E-state index contributed by atoms with van der Waals surface area (Å²) in [5.41, 5.74) is 7.98. The number of allylic oxidation sites excluding steroid dienone is 4. The van der Waals surface area contributed by atoms with Crippen LogP contribution in [-0.4, -0.2) is 29.1 Å². The molecule has 1 unspecified atom stereocenters. The SMILES string of the molecule is C1=CCC(c2ncc3c(-c4ccccc4)nc(-n4c5ccccc5c5c4ccc4c6ccccc6n(-c6ccccc6)c45)nc3n2)C=C1. The molecular weight excluding hydrogens is 589 g/mol. The Balaban J connectivity index is 1.32. The van der Waals surface area contributed by atoms with Crippen molar-refractivity contribution in [1.29, 1.82) is 0 Å². The van der Waals surface area contributed by atoms with Gasteiger partial charge < -0.3 is 4.57 Å². The Morgan fingerprint density at radius 1 is 0.562 bits per heavy atom. The van der Waals surface area contributed by atoms with Crippen molar-refractivity contribution in [3.63, 3.8) is 0 Å². The Kier molecular flexibility index (Phi) is 5.90. The number of benzene rings is 5. The van der Waals surface area contributed by atoms with Crippen molar-refractivity contribution in [2.24, 2.45) is 0 Å². The van der Waals surface area contributed by atoms with Crippen LogP contribution in [0.25, 0.3) is 77.5 Å². The average molecular weight is 617 g/mol. The van der Waals surface area contributed by atoms with Gasteiger partial charge in [-0.3, -0.25) is 4.57 Å². The number of hydrogen-bond donors (Lipinski definition) is 0. The second-order valence-corrected chi connectivity index (χ2v) is 12.3. The summed E-state index contributed by atoms with van der Waals surface area (Å²) in [7, 11) is 0. The Labute approximate surface area is 276 Å². The smallest absolute Gasteiger partial charge is 0.237 e. The Hall–Kier alpha value is -6.40. The number of fused-ring (bicyclic) bond motifs is 8. The largest absolute Gasteiger partial charge is 0.309 e. The van der Waals surface area contributed by atoms with Crippen molar-refractivity contribution < 1.29 is 0 Å². The molecule has 0 N–H and O–H groups in total. The molecule has 0 amide bonds. The molecule has 0 spiro atoms. The van der Waals surface area contributed by atoms with Crippen LogP contribution in [0.5, 0.6) is 0 Å². The minimum atomic E-state index is 0.111. The monoisotopic (exact) mass is 616 g/mol. The molecule has 0 aliphatic heterocycles. The first kappa shape index (κ1) is 26.8. The molecule has 0 bridgehead atoms. The molecule has 0 fully saturated rings. The fraction of sp³-hybridized carbons (Fsp3) is 0.0476. The molecule has 4 heterocycles. The van der Waals surface area contributed by atoms with Gasteiger partial charge in [-0.1, -0.05) is 115 Å². The summed E-state index contributed by atoms with van der Waals surface area (Å²) in [5.74, 6) is 1.46. The zero-order chi connectivity index (χ0) is 31.6. The number of nitrogens with zero attached hydrogens (tertiary/aromatic N) is 6. The first-order valence-corrected chi connectivity index (χ1v) is 16.3. The van der Waals surface area contributed by atoms with Gasteiger partial charge in [0.05, 0.1) is 33.1 Å². The molecule has 9 aromatic rings. The van der Waals surface area contributed by atoms with Gasteiger partial charge in [0.1, 0.15) is 5.82 Å². The van der Waals surface area contributed by atoms with E-state index in [9.17, 15) is 0 Å². The second kappa shape index (κ2) is 10.6. The maximum atomic E-state index is 5.30. The first-order valence-electron chi connectivity index (χ1n) is 16.3. The number of rotatable bonds is 4. The van der Waals surface area contributed by atoms with Gasteiger partial charge in [0, 0.05) is 44.9 Å². The van der Waals surface area contributed by atoms with E-state index in [-0.39, 0.29) is 5.92 Å². The molecule has 10 rings (SSSR count). The van der Waals surface area contributed by atoms with E-state index >= 15 is 0 Å². The molecule has 6 nitrogen and oxygen atoms in total. The maximum absolute atomic E-state index is 5.30. The molecule has 48 heavy (non-hydrogen) atoms. The Morgan fingerprint density at radius 2 is 1.29 bits per heavy atom. The van der Waals surface area contributed by atoms with E-state index in [1.807, 2.05) is 24.4 Å². The highest BCUT2D eigenvalue weighted by atomic mass is 15.2. The molecule has 0 radical (unpaired) electrons. The van der Waals surface area contributed by atoms with Gasteiger partial charge in [-0.15, -0.1) is 0 Å². The molecule has 0 saturated heterocycles. The summed E-state index contributed by atoms with van der Waals surface area (Å²) in [5, 5.41) is 5.57. The summed E-state index contributed by atoms with van der Waals surface area (Å²) in [4.78, 5) is 20.4. The maximum Gasteiger partial charge on any atom is 0.237 e. The number of para-hydroxylation sites is 3. The van der Waals surface area contributed by atoms with Gasteiger partial charge in [-0.2, -0.15) is 4.98 Å². The number of aromatic nitrogens is 6. The van der Waals surface area contributed by atoms with Gasteiger partial charge in [0.2, 0.25) is 5.95 Å². The van der Waals surface area contributed by atoms with E-state index in [0.29, 0.717) is 11.6 Å². The minimum Gasteiger partial charge on any atom is -0.309 e. The lowest BCUT2D eigenvalue weighted by Gasteiger charge is -2.14. The molecule has 0 saturated carbocycles. The number of hydrogen-bond acceptors (Lipinski definition) is 4. The molecule has 1 atom stereocenters. The Bertz CT molecular complexity index is 2750. The van der Waals surface area contributed by atoms with Crippen LogP contribution in [-0.2, 0) is 0 Å². The highest BCUT2D eigenvalue weighted by Crippen LogP contribution is 2.42.